The molecule has 0 heterocycles. The fraction of sp³-hybridized carbons (Fsp3) is 0.235. The summed E-state index contributed by atoms with van der Waals surface area (Å²) in [6.07, 6.45) is 0.350. The highest BCUT2D eigenvalue weighted by molar-refractivity contribution is 5.78. The molecule has 3 heteroatoms. The van der Waals surface area contributed by atoms with Gasteiger partial charge in [-0.15, -0.1) is 0 Å². The van der Waals surface area contributed by atoms with E-state index in [1.54, 1.807) is 29.2 Å². The van der Waals surface area contributed by atoms with Crippen molar-refractivity contribution in [2.45, 2.75) is 19.9 Å². The van der Waals surface area contributed by atoms with Crippen molar-refractivity contribution in [3.8, 4) is 5.75 Å². The lowest BCUT2D eigenvalue weighted by atomic mass is 10.1. The van der Waals surface area contributed by atoms with E-state index < -0.39 is 0 Å². The number of likely N-dealkylation sites (N-methyl/N-ethyl adjacent to an activating group) is 1. The number of rotatable bonds is 4. The summed E-state index contributed by atoms with van der Waals surface area (Å²) in [5.74, 6) is 0.283. The topological polar surface area (TPSA) is 40.5 Å². The van der Waals surface area contributed by atoms with Gasteiger partial charge in [0.25, 0.3) is 0 Å². The maximum absolute atomic E-state index is 12.1. The Kier molecular flexibility index (Phi) is 4.41. The molecule has 104 valence electrons. The molecule has 0 radical (unpaired) electrons. The van der Waals surface area contributed by atoms with Gasteiger partial charge in [-0.05, 0) is 30.2 Å². The Morgan fingerprint density at radius 3 is 2.15 bits per heavy atom. The van der Waals surface area contributed by atoms with Gasteiger partial charge in [-0.25, -0.2) is 0 Å². The van der Waals surface area contributed by atoms with Crippen molar-refractivity contribution >= 4 is 5.91 Å². The number of benzene rings is 2. The van der Waals surface area contributed by atoms with Gasteiger partial charge in [0.1, 0.15) is 5.75 Å². The zero-order chi connectivity index (χ0) is 14.5. The van der Waals surface area contributed by atoms with E-state index in [1.807, 2.05) is 38.2 Å². The molecule has 2 aromatic rings. The summed E-state index contributed by atoms with van der Waals surface area (Å²) >= 11 is 0. The molecule has 1 N–H and O–H groups in total. The molecule has 0 unspecified atom stereocenters. The Bertz CT molecular complexity index is 573. The molecule has 3 nitrogen and oxygen atoms in total. The number of hydrogen-bond acceptors (Lipinski definition) is 2. The van der Waals surface area contributed by atoms with Gasteiger partial charge in [0, 0.05) is 13.6 Å². The monoisotopic (exact) mass is 269 g/mol. The average molecular weight is 269 g/mol. The Morgan fingerprint density at radius 1 is 1.00 bits per heavy atom. The molecular formula is C17H19NO2. The molecule has 0 aliphatic heterocycles. The van der Waals surface area contributed by atoms with Gasteiger partial charge in [-0.3, -0.25) is 4.79 Å². The second-order valence-corrected chi connectivity index (χ2v) is 5.08. The highest BCUT2D eigenvalue weighted by Crippen LogP contribution is 2.12. The molecular weight excluding hydrogens is 250 g/mol. The fourth-order valence-corrected chi connectivity index (χ4v) is 1.98. The molecule has 0 aliphatic rings. The zero-order valence-corrected chi connectivity index (χ0v) is 11.8. The molecule has 0 saturated carbocycles. The van der Waals surface area contributed by atoms with Crippen molar-refractivity contribution in [3.63, 3.8) is 0 Å². The summed E-state index contributed by atoms with van der Waals surface area (Å²) in [6.45, 7) is 2.65. The van der Waals surface area contributed by atoms with Gasteiger partial charge >= 0.3 is 0 Å². The van der Waals surface area contributed by atoms with E-state index in [-0.39, 0.29) is 11.7 Å². The van der Waals surface area contributed by atoms with Gasteiger partial charge in [-0.1, -0.05) is 42.0 Å². The van der Waals surface area contributed by atoms with Crippen molar-refractivity contribution in [1.82, 2.24) is 4.90 Å². The molecule has 20 heavy (non-hydrogen) atoms. The highest BCUT2D eigenvalue weighted by Gasteiger charge is 2.10. The lowest BCUT2D eigenvalue weighted by Gasteiger charge is -2.17. The van der Waals surface area contributed by atoms with Gasteiger partial charge in [0.2, 0.25) is 5.91 Å². The largest absolute Gasteiger partial charge is 0.508 e. The number of phenols is 1. The number of carbonyl (C=O) groups excluding carboxylic acids is 1. The first-order chi connectivity index (χ1) is 9.54. The molecule has 0 fully saturated rings. The Balaban J connectivity index is 1.94. The van der Waals surface area contributed by atoms with E-state index in [2.05, 4.69) is 0 Å². The quantitative estimate of drug-likeness (QED) is 0.927. The van der Waals surface area contributed by atoms with Crippen LogP contribution in [0, 0.1) is 6.92 Å². The summed E-state index contributed by atoms with van der Waals surface area (Å²) in [4.78, 5) is 13.9. The second kappa shape index (κ2) is 6.24. The van der Waals surface area contributed by atoms with Crippen LogP contribution in [0.4, 0.5) is 0 Å². The summed E-state index contributed by atoms with van der Waals surface area (Å²) in [6, 6.07) is 14.9. The molecule has 0 aromatic heterocycles. The van der Waals surface area contributed by atoms with E-state index in [0.717, 1.165) is 11.1 Å². The third-order valence-electron chi connectivity index (χ3n) is 3.26. The smallest absolute Gasteiger partial charge is 0.227 e. The average Bonchev–Trinajstić information content (AvgIpc) is 2.44. The first-order valence-corrected chi connectivity index (χ1v) is 6.62. The Hall–Kier alpha value is -2.29. The number of hydrogen-bond donors (Lipinski definition) is 1. The third-order valence-corrected chi connectivity index (χ3v) is 3.26. The van der Waals surface area contributed by atoms with Gasteiger partial charge in [-0.2, -0.15) is 0 Å². The predicted molar refractivity (Wildman–Crippen MR) is 79.5 cm³/mol. The Morgan fingerprint density at radius 2 is 1.55 bits per heavy atom. The number of nitrogens with zero attached hydrogens (tertiary/aromatic N) is 1. The number of carbonyl (C=O) groups is 1. The Labute approximate surface area is 119 Å². The standard InChI is InChI=1S/C17H19NO2/c1-13-3-5-15(6-4-13)12-18(2)17(20)11-14-7-9-16(19)10-8-14/h3-10,19H,11-12H2,1-2H3. The maximum atomic E-state index is 12.1. The first-order valence-electron chi connectivity index (χ1n) is 6.62. The number of amides is 1. The minimum atomic E-state index is 0.0660. The first kappa shape index (κ1) is 14.1. The van der Waals surface area contributed by atoms with Crippen LogP contribution in [0.2, 0.25) is 0 Å². The normalized spacial score (nSPS) is 10.3. The van der Waals surface area contributed by atoms with Crippen molar-refractivity contribution in [2.75, 3.05) is 7.05 Å². The SMILES string of the molecule is Cc1ccc(CN(C)C(=O)Cc2ccc(O)cc2)cc1. The second-order valence-electron chi connectivity index (χ2n) is 5.08. The van der Waals surface area contributed by atoms with Crippen LogP contribution in [0.1, 0.15) is 16.7 Å². The van der Waals surface area contributed by atoms with Crippen LogP contribution in [0.15, 0.2) is 48.5 Å². The minimum absolute atomic E-state index is 0.0660. The van der Waals surface area contributed by atoms with E-state index in [9.17, 15) is 9.90 Å². The van der Waals surface area contributed by atoms with Crippen molar-refractivity contribution < 1.29 is 9.90 Å². The summed E-state index contributed by atoms with van der Waals surface area (Å²) in [7, 11) is 1.81. The molecule has 2 rings (SSSR count). The molecule has 0 atom stereocenters. The molecule has 1 amide bonds. The van der Waals surface area contributed by atoms with Crippen molar-refractivity contribution in [1.29, 1.82) is 0 Å². The lowest BCUT2D eigenvalue weighted by Crippen LogP contribution is -2.27. The van der Waals surface area contributed by atoms with Crippen LogP contribution in [0.5, 0.6) is 5.75 Å². The highest BCUT2D eigenvalue weighted by atomic mass is 16.3. The van der Waals surface area contributed by atoms with E-state index in [4.69, 9.17) is 0 Å². The van der Waals surface area contributed by atoms with E-state index >= 15 is 0 Å². The molecule has 0 saturated heterocycles. The maximum Gasteiger partial charge on any atom is 0.227 e. The van der Waals surface area contributed by atoms with Gasteiger partial charge < -0.3 is 10.0 Å². The molecule has 0 bridgehead atoms. The van der Waals surface area contributed by atoms with E-state index in [1.165, 1.54) is 5.56 Å². The van der Waals surface area contributed by atoms with E-state index in [0.29, 0.717) is 13.0 Å². The van der Waals surface area contributed by atoms with Crippen LogP contribution in [-0.2, 0) is 17.8 Å². The third kappa shape index (κ3) is 3.85. The van der Waals surface area contributed by atoms with Crippen molar-refractivity contribution in [2.24, 2.45) is 0 Å². The summed E-state index contributed by atoms with van der Waals surface area (Å²) < 4.78 is 0. The van der Waals surface area contributed by atoms with Crippen LogP contribution < -0.4 is 0 Å². The zero-order valence-electron chi connectivity index (χ0n) is 11.8. The molecule has 2 aromatic carbocycles. The molecule has 0 aliphatic carbocycles. The lowest BCUT2D eigenvalue weighted by molar-refractivity contribution is -0.129. The summed E-state index contributed by atoms with van der Waals surface area (Å²) in [5, 5.41) is 9.22. The van der Waals surface area contributed by atoms with Gasteiger partial charge in [0.15, 0.2) is 0 Å². The van der Waals surface area contributed by atoms with Gasteiger partial charge in [0.05, 0.1) is 6.42 Å². The van der Waals surface area contributed by atoms with Crippen LogP contribution in [-0.4, -0.2) is 23.0 Å². The fourth-order valence-electron chi connectivity index (χ4n) is 1.98. The van der Waals surface area contributed by atoms with Crippen LogP contribution >= 0.6 is 0 Å². The predicted octanol–water partition coefficient (Wildman–Crippen LogP) is 2.90. The number of phenolic OH excluding ortho intramolecular Hbond substituents is 1. The minimum Gasteiger partial charge on any atom is -0.508 e. The molecule has 0 spiro atoms. The van der Waals surface area contributed by atoms with Crippen LogP contribution in [0.25, 0.3) is 0 Å². The summed E-state index contributed by atoms with van der Waals surface area (Å²) in [5.41, 5.74) is 3.24. The van der Waals surface area contributed by atoms with Crippen LogP contribution in [0.3, 0.4) is 0 Å². The number of aryl methyl sites for hydroxylation is 1. The number of aromatic hydroxyl groups is 1. The van der Waals surface area contributed by atoms with Crippen molar-refractivity contribution in [3.05, 3.63) is 65.2 Å².